The van der Waals surface area contributed by atoms with E-state index in [1.807, 2.05) is 0 Å². The van der Waals surface area contributed by atoms with Crippen LogP contribution in [-0.2, 0) is 0 Å². The maximum absolute atomic E-state index is 13.1. The van der Waals surface area contributed by atoms with Gasteiger partial charge in [0.1, 0.15) is 5.75 Å². The molecule has 1 aromatic carbocycles. The van der Waals surface area contributed by atoms with Crippen molar-refractivity contribution in [1.82, 2.24) is 0 Å². The van der Waals surface area contributed by atoms with E-state index < -0.39 is 18.3 Å². The smallest absolute Gasteiger partial charge is 0.493 e. The Kier molecular flexibility index (Phi) is 7.77. The molecule has 0 unspecified atom stereocenters. The third-order valence-electron chi connectivity index (χ3n) is 2.12. The number of halogens is 4. The third-order valence-corrected chi connectivity index (χ3v) is 2.12. The Bertz CT molecular complexity index is 420. The predicted octanol–water partition coefficient (Wildman–Crippen LogP) is 0.229. The zero-order valence-electron chi connectivity index (χ0n) is 10.4. The summed E-state index contributed by atoms with van der Waals surface area (Å²) in [5, 5.41) is 0. The fourth-order valence-electron chi connectivity index (χ4n) is 1.21. The van der Waals surface area contributed by atoms with E-state index in [0.29, 0.717) is 12.5 Å². The Morgan fingerprint density at radius 2 is 1.94 bits per heavy atom. The number of benzene rings is 1. The largest absolute Gasteiger partial charge is 1.00 e. The molecule has 0 atom stereocenters. The first kappa shape index (κ1) is 18.2. The van der Waals surface area contributed by atoms with Crippen molar-refractivity contribution in [3.05, 3.63) is 36.2 Å². The average molecular weight is 286 g/mol. The van der Waals surface area contributed by atoms with Crippen LogP contribution in [0.2, 0.25) is 0 Å². The Labute approximate surface area is 146 Å². The second-order valence-corrected chi connectivity index (χ2v) is 3.81. The molecule has 0 bridgehead atoms. The van der Waals surface area contributed by atoms with Crippen LogP contribution in [0, 0.1) is 5.82 Å². The van der Waals surface area contributed by atoms with Gasteiger partial charge in [0.05, 0.1) is 12.4 Å². The Balaban J connectivity index is 0.00000289. The molecule has 94 valence electrons. The summed E-state index contributed by atoms with van der Waals surface area (Å²) in [6, 6.07) is 2.57. The van der Waals surface area contributed by atoms with Gasteiger partial charge < -0.3 is 17.7 Å². The second kappa shape index (κ2) is 7.69. The van der Waals surface area contributed by atoms with E-state index in [1.165, 1.54) is 0 Å². The quantitative estimate of drug-likeness (QED) is 0.428. The van der Waals surface area contributed by atoms with E-state index in [0.717, 1.165) is 17.7 Å². The van der Waals surface area contributed by atoms with Gasteiger partial charge >= 0.3 is 58.4 Å². The Morgan fingerprint density at radius 1 is 1.33 bits per heavy atom. The average Bonchev–Trinajstić information content (AvgIpc) is 2.14. The van der Waals surface area contributed by atoms with Gasteiger partial charge in [-0.05, 0) is 13.0 Å². The van der Waals surface area contributed by atoms with Gasteiger partial charge in [0.15, 0.2) is 0 Å². The molecule has 0 aliphatic rings. The maximum atomic E-state index is 13.1. The van der Waals surface area contributed by atoms with Crippen molar-refractivity contribution in [3.8, 4) is 5.75 Å². The summed E-state index contributed by atoms with van der Waals surface area (Å²) in [6.45, 7) is 0.407. The van der Waals surface area contributed by atoms with E-state index in [1.54, 1.807) is 6.92 Å². The topological polar surface area (TPSA) is 9.23 Å². The molecule has 7 heteroatoms. The fraction of sp³-hybridized carbons (Fsp3) is 0.273. The van der Waals surface area contributed by atoms with Gasteiger partial charge in [0.2, 0.25) is 0 Å². The number of hydrogen-bond acceptors (Lipinski definition) is 1. The van der Waals surface area contributed by atoms with Gasteiger partial charge in [0.25, 0.3) is 0 Å². The summed E-state index contributed by atoms with van der Waals surface area (Å²) in [6.07, 6.45) is 0.576. The summed E-state index contributed by atoms with van der Waals surface area (Å²) in [5.74, 6) is -1.21. The molecule has 0 aliphatic carbocycles. The molecular formula is C11H12BF4KO. The first-order valence-corrected chi connectivity index (χ1v) is 5.07. The first-order chi connectivity index (χ1) is 7.80. The van der Waals surface area contributed by atoms with E-state index in [2.05, 4.69) is 6.58 Å². The molecule has 0 saturated heterocycles. The van der Waals surface area contributed by atoms with Gasteiger partial charge in [-0.25, -0.2) is 4.39 Å². The summed E-state index contributed by atoms with van der Waals surface area (Å²) in [4.78, 5) is 0. The van der Waals surface area contributed by atoms with Crippen molar-refractivity contribution in [3.63, 3.8) is 0 Å². The van der Waals surface area contributed by atoms with Gasteiger partial charge in [-0.3, -0.25) is 0 Å². The molecule has 0 heterocycles. The zero-order chi connectivity index (χ0) is 13.1. The van der Waals surface area contributed by atoms with Crippen LogP contribution >= 0.6 is 0 Å². The molecule has 0 aliphatic heterocycles. The predicted molar refractivity (Wildman–Crippen MR) is 60.0 cm³/mol. The summed E-state index contributed by atoms with van der Waals surface area (Å²) >= 11 is 0. The van der Waals surface area contributed by atoms with E-state index in [4.69, 9.17) is 4.74 Å². The summed E-state index contributed by atoms with van der Waals surface area (Å²) < 4.78 is 55.2. The van der Waals surface area contributed by atoms with Crippen LogP contribution in [-0.4, -0.2) is 13.6 Å². The van der Waals surface area contributed by atoms with Gasteiger partial charge in [0, 0.05) is 12.5 Å². The summed E-state index contributed by atoms with van der Waals surface area (Å²) in [5.41, 5.74) is -0.335. The van der Waals surface area contributed by atoms with Gasteiger partial charge in [-0.15, -0.1) is 6.58 Å². The first-order valence-electron chi connectivity index (χ1n) is 5.07. The monoisotopic (exact) mass is 286 g/mol. The van der Waals surface area contributed by atoms with Crippen molar-refractivity contribution in [2.75, 3.05) is 6.61 Å². The summed E-state index contributed by atoms with van der Waals surface area (Å²) in [7, 11) is 0. The third kappa shape index (κ3) is 5.88. The van der Waals surface area contributed by atoms with Crippen molar-refractivity contribution < 1.29 is 73.5 Å². The fourth-order valence-corrected chi connectivity index (χ4v) is 1.21. The van der Waals surface area contributed by atoms with Crippen molar-refractivity contribution in [2.45, 2.75) is 13.3 Å². The molecule has 0 radical (unpaired) electrons. The normalized spacial score (nSPS) is 10.7. The molecule has 0 aromatic heterocycles. The van der Waals surface area contributed by atoms with Crippen LogP contribution < -0.4 is 61.6 Å². The molecule has 0 fully saturated rings. The number of hydrogen-bond donors (Lipinski definition) is 0. The van der Waals surface area contributed by atoms with Crippen LogP contribution in [0.4, 0.5) is 17.3 Å². The number of ether oxygens (including phenoxy) is 1. The standard InChI is InChI=1S/C11H12BF4O.K/c1-8(2)5-6-17-9-3-4-10(11(13)7-9)12(14,15)16;/h3-4,7H,1,5-6H2,2H3;/q-1;+1. The van der Waals surface area contributed by atoms with Crippen LogP contribution in [0.5, 0.6) is 5.75 Å². The maximum Gasteiger partial charge on any atom is 1.00 e. The number of rotatable bonds is 5. The Hall–Kier alpha value is 0.181. The molecule has 0 spiro atoms. The van der Waals surface area contributed by atoms with Gasteiger partial charge in [-0.1, -0.05) is 17.1 Å². The van der Waals surface area contributed by atoms with Crippen LogP contribution in [0.3, 0.4) is 0 Å². The minimum absolute atomic E-state index is 0. The molecule has 0 saturated carbocycles. The van der Waals surface area contributed by atoms with E-state index >= 15 is 0 Å². The van der Waals surface area contributed by atoms with Crippen molar-refractivity contribution >= 4 is 12.4 Å². The second-order valence-electron chi connectivity index (χ2n) is 3.81. The molecule has 1 aromatic rings. The minimum Gasteiger partial charge on any atom is -0.493 e. The van der Waals surface area contributed by atoms with Crippen LogP contribution in [0.1, 0.15) is 13.3 Å². The molecule has 0 N–H and O–H groups in total. The molecule has 18 heavy (non-hydrogen) atoms. The molecule has 1 rings (SSSR count). The van der Waals surface area contributed by atoms with Crippen LogP contribution in [0.25, 0.3) is 0 Å². The van der Waals surface area contributed by atoms with E-state index in [-0.39, 0.29) is 63.7 Å². The molecule has 0 amide bonds. The molecule has 1 nitrogen and oxygen atoms in total. The molecular weight excluding hydrogens is 274 g/mol. The Morgan fingerprint density at radius 3 is 2.39 bits per heavy atom. The van der Waals surface area contributed by atoms with Crippen molar-refractivity contribution in [2.24, 2.45) is 0 Å². The van der Waals surface area contributed by atoms with Crippen LogP contribution in [0.15, 0.2) is 30.4 Å². The minimum atomic E-state index is -5.32. The van der Waals surface area contributed by atoms with Crippen molar-refractivity contribution in [1.29, 1.82) is 0 Å². The van der Waals surface area contributed by atoms with E-state index in [9.17, 15) is 17.3 Å². The zero-order valence-corrected chi connectivity index (χ0v) is 13.5. The van der Waals surface area contributed by atoms with Gasteiger partial charge in [-0.2, -0.15) is 0 Å². The SMILES string of the molecule is C=C(C)CCOc1ccc([B-](F)(F)F)c(F)c1.[K+].